The summed E-state index contributed by atoms with van der Waals surface area (Å²) >= 11 is 5.93. The molecular formula is C20H23ClN2O3. The summed E-state index contributed by atoms with van der Waals surface area (Å²) in [6, 6.07) is 10.8. The smallest absolute Gasteiger partial charge is 0.261 e. The first-order valence-electron chi connectivity index (χ1n) is 8.37. The zero-order chi connectivity index (χ0) is 19.3. The van der Waals surface area contributed by atoms with Gasteiger partial charge in [0.25, 0.3) is 5.91 Å². The lowest BCUT2D eigenvalue weighted by Gasteiger charge is -2.20. The molecule has 0 aliphatic rings. The first-order valence-corrected chi connectivity index (χ1v) is 8.75. The Bertz CT molecular complexity index is 782. The summed E-state index contributed by atoms with van der Waals surface area (Å²) in [5.74, 6) is -0.143. The van der Waals surface area contributed by atoms with E-state index in [-0.39, 0.29) is 34.4 Å². The van der Waals surface area contributed by atoms with Gasteiger partial charge in [0.1, 0.15) is 11.4 Å². The molecule has 1 heterocycles. The van der Waals surface area contributed by atoms with Gasteiger partial charge in [0, 0.05) is 6.20 Å². The summed E-state index contributed by atoms with van der Waals surface area (Å²) in [5.41, 5.74) is 1.37. The molecule has 2 rings (SSSR count). The highest BCUT2D eigenvalue weighted by Gasteiger charge is 2.18. The number of carbonyl (C=O) groups excluding carboxylic acids is 2. The third-order valence-corrected chi connectivity index (χ3v) is 4.15. The first-order chi connectivity index (χ1) is 12.2. The normalized spacial score (nSPS) is 12.3. The Morgan fingerprint density at radius 1 is 1.19 bits per heavy atom. The van der Waals surface area contributed by atoms with Gasteiger partial charge < -0.3 is 10.1 Å². The van der Waals surface area contributed by atoms with Crippen molar-refractivity contribution < 1.29 is 14.3 Å². The topological polar surface area (TPSA) is 68.3 Å². The van der Waals surface area contributed by atoms with Crippen LogP contribution in [0.3, 0.4) is 0 Å². The van der Waals surface area contributed by atoms with E-state index in [1.807, 2.05) is 24.3 Å². The van der Waals surface area contributed by atoms with Crippen molar-refractivity contribution in [2.24, 2.45) is 0 Å². The van der Waals surface area contributed by atoms with Crippen molar-refractivity contribution >= 4 is 23.3 Å². The van der Waals surface area contributed by atoms with Crippen molar-refractivity contribution in [1.82, 2.24) is 10.3 Å². The Hall–Kier alpha value is -2.40. The summed E-state index contributed by atoms with van der Waals surface area (Å²) in [5, 5.41) is 2.81. The van der Waals surface area contributed by atoms with Gasteiger partial charge >= 0.3 is 0 Å². The minimum absolute atomic E-state index is 0.0502. The Kier molecular flexibility index (Phi) is 6.37. The summed E-state index contributed by atoms with van der Waals surface area (Å²) in [4.78, 5) is 28.2. The number of aromatic nitrogens is 1. The standard InChI is InChI=1S/C20H23ClN2O3/c1-13(26-15-9-7-14(8-10-15)20(2,3)4)19(25)23-12-17(24)18-16(21)6-5-11-22-18/h5-11,13H,12H2,1-4H3,(H,23,25). The second-order valence-electron chi connectivity index (χ2n) is 7.01. The van der Waals surface area contributed by atoms with Crippen molar-refractivity contribution in [3.63, 3.8) is 0 Å². The van der Waals surface area contributed by atoms with Crippen molar-refractivity contribution in [1.29, 1.82) is 0 Å². The number of carbonyl (C=O) groups is 2. The predicted molar refractivity (Wildman–Crippen MR) is 102 cm³/mol. The number of hydrogen-bond acceptors (Lipinski definition) is 4. The Morgan fingerprint density at radius 2 is 1.85 bits per heavy atom. The van der Waals surface area contributed by atoms with Gasteiger partial charge in [-0.3, -0.25) is 14.6 Å². The molecule has 0 saturated heterocycles. The second kappa shape index (κ2) is 8.32. The van der Waals surface area contributed by atoms with Gasteiger partial charge in [-0.15, -0.1) is 0 Å². The molecule has 0 aliphatic heterocycles. The number of benzene rings is 1. The largest absolute Gasteiger partial charge is 0.481 e. The van der Waals surface area contributed by atoms with Crippen LogP contribution in [0.15, 0.2) is 42.6 Å². The molecule has 6 heteroatoms. The zero-order valence-corrected chi connectivity index (χ0v) is 16.1. The van der Waals surface area contributed by atoms with E-state index in [9.17, 15) is 9.59 Å². The van der Waals surface area contributed by atoms with E-state index >= 15 is 0 Å². The maximum absolute atomic E-state index is 12.2. The molecule has 26 heavy (non-hydrogen) atoms. The molecular weight excluding hydrogens is 352 g/mol. The summed E-state index contributed by atoms with van der Waals surface area (Å²) in [7, 11) is 0. The molecule has 0 aliphatic carbocycles. The van der Waals surface area contributed by atoms with Crippen LogP contribution in [0.2, 0.25) is 5.02 Å². The minimum atomic E-state index is -0.734. The van der Waals surface area contributed by atoms with Crippen LogP contribution in [-0.4, -0.2) is 29.3 Å². The number of hydrogen-bond donors (Lipinski definition) is 1. The number of halogens is 1. The second-order valence-corrected chi connectivity index (χ2v) is 7.42. The van der Waals surface area contributed by atoms with Crippen LogP contribution in [0, 0.1) is 0 Å². The van der Waals surface area contributed by atoms with Crippen molar-refractivity contribution in [2.75, 3.05) is 6.54 Å². The van der Waals surface area contributed by atoms with E-state index in [0.29, 0.717) is 5.75 Å². The Labute approximate surface area is 158 Å². The number of nitrogens with one attached hydrogen (secondary N) is 1. The van der Waals surface area contributed by atoms with Crippen molar-refractivity contribution in [2.45, 2.75) is 39.2 Å². The molecule has 0 fully saturated rings. The van der Waals surface area contributed by atoms with Gasteiger partial charge in [-0.2, -0.15) is 0 Å². The predicted octanol–water partition coefficient (Wildman–Crippen LogP) is 3.80. The van der Waals surface area contributed by atoms with Crippen molar-refractivity contribution in [3.8, 4) is 5.75 Å². The number of nitrogens with zero attached hydrogens (tertiary/aromatic N) is 1. The lowest BCUT2D eigenvalue weighted by Crippen LogP contribution is -2.39. The molecule has 1 N–H and O–H groups in total. The van der Waals surface area contributed by atoms with Crippen LogP contribution in [0.25, 0.3) is 0 Å². The maximum atomic E-state index is 12.2. The van der Waals surface area contributed by atoms with Gasteiger partial charge in [-0.25, -0.2) is 0 Å². The average Bonchev–Trinajstić information content (AvgIpc) is 2.59. The molecule has 1 aromatic heterocycles. The molecule has 0 spiro atoms. The molecule has 1 atom stereocenters. The van der Waals surface area contributed by atoms with E-state index < -0.39 is 6.10 Å². The molecule has 0 radical (unpaired) electrons. The third-order valence-electron chi connectivity index (χ3n) is 3.85. The summed E-state index contributed by atoms with van der Waals surface area (Å²) < 4.78 is 5.64. The van der Waals surface area contributed by atoms with Gasteiger partial charge in [-0.05, 0) is 42.2 Å². The molecule has 2 aromatic rings. The van der Waals surface area contributed by atoms with Gasteiger partial charge in [-0.1, -0.05) is 44.5 Å². The monoisotopic (exact) mass is 374 g/mol. The zero-order valence-electron chi connectivity index (χ0n) is 15.4. The highest BCUT2D eigenvalue weighted by atomic mass is 35.5. The van der Waals surface area contributed by atoms with E-state index in [0.717, 1.165) is 0 Å². The highest BCUT2D eigenvalue weighted by Crippen LogP contribution is 2.24. The van der Waals surface area contributed by atoms with Crippen LogP contribution >= 0.6 is 11.6 Å². The number of pyridine rings is 1. The van der Waals surface area contributed by atoms with Crippen LogP contribution in [0.1, 0.15) is 43.7 Å². The fraction of sp³-hybridized carbons (Fsp3) is 0.350. The molecule has 0 bridgehead atoms. The van der Waals surface area contributed by atoms with Gasteiger partial charge in [0.2, 0.25) is 5.78 Å². The Balaban J connectivity index is 1.89. The molecule has 1 amide bonds. The van der Waals surface area contributed by atoms with E-state index in [4.69, 9.17) is 16.3 Å². The number of ketones is 1. The molecule has 1 unspecified atom stereocenters. The van der Waals surface area contributed by atoms with E-state index in [1.54, 1.807) is 19.1 Å². The van der Waals surface area contributed by atoms with Crippen molar-refractivity contribution in [3.05, 3.63) is 58.9 Å². The lowest BCUT2D eigenvalue weighted by atomic mass is 9.87. The Morgan fingerprint density at radius 3 is 2.42 bits per heavy atom. The minimum Gasteiger partial charge on any atom is -0.481 e. The van der Waals surface area contributed by atoms with Gasteiger partial charge in [0.15, 0.2) is 6.10 Å². The fourth-order valence-corrected chi connectivity index (χ4v) is 2.50. The SMILES string of the molecule is CC(Oc1ccc(C(C)(C)C)cc1)C(=O)NCC(=O)c1ncccc1Cl. The summed E-state index contributed by atoms with van der Waals surface area (Å²) in [6.45, 7) is 7.83. The van der Waals surface area contributed by atoms with E-state index in [1.165, 1.54) is 11.8 Å². The van der Waals surface area contributed by atoms with E-state index in [2.05, 4.69) is 31.1 Å². The number of ether oxygens (including phenoxy) is 1. The highest BCUT2D eigenvalue weighted by molar-refractivity contribution is 6.33. The third kappa shape index (κ3) is 5.30. The molecule has 138 valence electrons. The lowest BCUT2D eigenvalue weighted by molar-refractivity contribution is -0.127. The maximum Gasteiger partial charge on any atom is 0.261 e. The van der Waals surface area contributed by atoms with Gasteiger partial charge in [0.05, 0.1) is 11.6 Å². The number of rotatable bonds is 6. The molecule has 5 nitrogen and oxygen atoms in total. The average molecular weight is 375 g/mol. The first kappa shape index (κ1) is 19.9. The van der Waals surface area contributed by atoms with Crippen LogP contribution in [0.4, 0.5) is 0 Å². The molecule has 0 saturated carbocycles. The van der Waals surface area contributed by atoms with Crippen LogP contribution in [0.5, 0.6) is 5.75 Å². The van der Waals surface area contributed by atoms with Crippen LogP contribution < -0.4 is 10.1 Å². The molecule has 1 aromatic carbocycles. The quantitative estimate of drug-likeness (QED) is 0.781. The van der Waals surface area contributed by atoms with Crippen LogP contribution in [-0.2, 0) is 10.2 Å². The number of Topliss-reactive ketones (excluding diaryl/α,β-unsaturated/α-hetero) is 1. The fourth-order valence-electron chi connectivity index (χ4n) is 2.28. The summed E-state index contributed by atoms with van der Waals surface area (Å²) in [6.07, 6.45) is 0.746. The number of amides is 1.